The Labute approximate surface area is 315 Å². The van der Waals surface area contributed by atoms with Crippen LogP contribution in [0.2, 0.25) is 5.02 Å². The van der Waals surface area contributed by atoms with Gasteiger partial charge in [0.1, 0.15) is 23.4 Å². The molecule has 0 radical (unpaired) electrons. The van der Waals surface area contributed by atoms with Gasteiger partial charge in [0.2, 0.25) is 15.9 Å². The molecule has 2 saturated carbocycles. The second kappa shape index (κ2) is 14.1. The predicted octanol–water partition coefficient (Wildman–Crippen LogP) is 5.78. The molecule has 1 unspecified atom stereocenters. The van der Waals surface area contributed by atoms with E-state index in [4.69, 9.17) is 21.1 Å². The minimum atomic E-state index is -4.02. The molecule has 284 valence electrons. The van der Waals surface area contributed by atoms with Crippen molar-refractivity contribution in [2.75, 3.05) is 19.0 Å². The van der Waals surface area contributed by atoms with Crippen LogP contribution in [0, 0.1) is 25.2 Å². The summed E-state index contributed by atoms with van der Waals surface area (Å²) in [7, 11) is -2.47. The van der Waals surface area contributed by atoms with Gasteiger partial charge in [-0.2, -0.15) is 0 Å². The summed E-state index contributed by atoms with van der Waals surface area (Å²) < 4.78 is 40.3. The lowest BCUT2D eigenvalue weighted by atomic mass is 9.85. The molecule has 3 aliphatic rings. The number of hydrogen-bond donors (Lipinski definition) is 2. The van der Waals surface area contributed by atoms with Crippen LogP contribution in [0.15, 0.2) is 49.2 Å². The molecule has 6 rings (SSSR count). The number of hydrogen-bond acceptors (Lipinski definition) is 10. The van der Waals surface area contributed by atoms with E-state index in [9.17, 15) is 13.2 Å². The average Bonchev–Trinajstić information content (AvgIpc) is 4.00. The Balaban J connectivity index is 1.37. The van der Waals surface area contributed by atoms with Gasteiger partial charge >= 0.3 is 6.03 Å². The topological polar surface area (TPSA) is 160 Å². The first-order valence-corrected chi connectivity index (χ1v) is 19.7. The Morgan fingerprint density at radius 2 is 1.81 bits per heavy atom. The molecule has 3 fully saturated rings. The van der Waals surface area contributed by atoms with E-state index in [-0.39, 0.29) is 13.0 Å². The number of sulfonamides is 1. The first kappa shape index (κ1) is 38.3. The lowest BCUT2D eigenvalue weighted by Gasteiger charge is -2.40. The third-order valence-electron chi connectivity index (χ3n) is 10.2. The van der Waals surface area contributed by atoms with Crippen LogP contribution in [-0.4, -0.2) is 88.7 Å². The summed E-state index contributed by atoms with van der Waals surface area (Å²) in [6, 6.07) is 6.71. The number of rotatable bonds is 11. The van der Waals surface area contributed by atoms with E-state index in [0.717, 1.165) is 21.7 Å². The van der Waals surface area contributed by atoms with Gasteiger partial charge in [-0.25, -0.2) is 23.1 Å². The zero-order valence-corrected chi connectivity index (χ0v) is 32.7. The molecule has 3 aromatic rings. The van der Waals surface area contributed by atoms with Crippen LogP contribution in [0.4, 0.5) is 10.5 Å². The van der Waals surface area contributed by atoms with E-state index in [0.29, 0.717) is 47.0 Å². The predicted molar refractivity (Wildman–Crippen MR) is 202 cm³/mol. The molecule has 13 nitrogen and oxygen atoms in total. The van der Waals surface area contributed by atoms with Crippen molar-refractivity contribution in [3.63, 3.8) is 0 Å². The maximum Gasteiger partial charge on any atom is 0.328 e. The van der Waals surface area contributed by atoms with Crippen LogP contribution >= 0.6 is 11.6 Å². The lowest BCUT2D eigenvalue weighted by Crippen LogP contribution is -2.64. The molecule has 2 N–H and O–H groups in total. The van der Waals surface area contributed by atoms with Crippen LogP contribution in [-0.2, 0) is 19.6 Å². The normalized spacial score (nSPS) is 23.2. The Morgan fingerprint density at radius 1 is 1.13 bits per heavy atom. The van der Waals surface area contributed by atoms with Gasteiger partial charge in [0.25, 0.3) is 11.8 Å². The number of carbonyl (C=O) groups is 3. The van der Waals surface area contributed by atoms with Crippen molar-refractivity contribution in [2.24, 2.45) is 11.3 Å². The SMILES string of the molecule is C=C[C@@H]1C[C@@]1(C(=O)NS(=O)(=O)C1CC1)N(C(=O)[C@@H](Nc1cc(C)nc(C)c1)C(C)(C)C)C(=O)N1C[C@H](Oc2ncc(OC)c3ccc(Cl)cc23)CC1C. The van der Waals surface area contributed by atoms with Crippen LogP contribution < -0.4 is 19.5 Å². The van der Waals surface area contributed by atoms with Gasteiger partial charge in [-0.15, -0.1) is 6.58 Å². The van der Waals surface area contributed by atoms with Crippen LogP contribution in [0.5, 0.6) is 11.6 Å². The first-order valence-electron chi connectivity index (χ1n) is 17.7. The summed E-state index contributed by atoms with van der Waals surface area (Å²) >= 11 is 6.34. The highest BCUT2D eigenvalue weighted by Gasteiger charge is 2.68. The largest absolute Gasteiger partial charge is 0.494 e. The van der Waals surface area contributed by atoms with Crippen molar-refractivity contribution in [1.82, 2.24) is 24.5 Å². The fourth-order valence-electron chi connectivity index (χ4n) is 7.22. The van der Waals surface area contributed by atoms with Crippen molar-refractivity contribution >= 4 is 55.9 Å². The second-order valence-electron chi connectivity index (χ2n) is 15.5. The molecule has 53 heavy (non-hydrogen) atoms. The number of nitrogens with one attached hydrogen (secondary N) is 2. The minimum absolute atomic E-state index is 0.0228. The fourth-order valence-corrected chi connectivity index (χ4v) is 8.75. The molecule has 3 heterocycles. The number of fused-ring (bicyclic) bond motifs is 1. The quantitative estimate of drug-likeness (QED) is 0.229. The highest BCUT2D eigenvalue weighted by Crippen LogP contribution is 2.52. The fraction of sp³-hybridized carbons (Fsp3) is 0.500. The minimum Gasteiger partial charge on any atom is -0.494 e. The molecule has 1 saturated heterocycles. The number of ether oxygens (including phenoxy) is 2. The highest BCUT2D eigenvalue weighted by molar-refractivity contribution is 7.91. The summed E-state index contributed by atoms with van der Waals surface area (Å²) in [5.74, 6) is -1.43. The van der Waals surface area contributed by atoms with Crippen molar-refractivity contribution in [2.45, 2.75) is 96.2 Å². The molecule has 2 aromatic heterocycles. The number of aryl methyl sites for hydroxylation is 2. The zero-order valence-electron chi connectivity index (χ0n) is 31.1. The van der Waals surface area contributed by atoms with Gasteiger partial charge in [-0.3, -0.25) is 19.3 Å². The van der Waals surface area contributed by atoms with E-state index in [1.165, 1.54) is 11.0 Å². The van der Waals surface area contributed by atoms with Crippen LogP contribution in [0.1, 0.15) is 64.8 Å². The van der Waals surface area contributed by atoms with E-state index < -0.39 is 68.2 Å². The molecule has 1 aromatic carbocycles. The third-order valence-corrected chi connectivity index (χ3v) is 12.3. The van der Waals surface area contributed by atoms with Crippen molar-refractivity contribution in [1.29, 1.82) is 0 Å². The Bertz CT molecular complexity index is 2060. The van der Waals surface area contributed by atoms with Crippen molar-refractivity contribution in [3.8, 4) is 11.6 Å². The number of imide groups is 1. The van der Waals surface area contributed by atoms with Gasteiger partial charge in [0.05, 0.1) is 25.1 Å². The summed E-state index contributed by atoms with van der Waals surface area (Å²) in [5, 5.41) is 4.49. The third kappa shape index (κ3) is 7.53. The van der Waals surface area contributed by atoms with Gasteiger partial charge in [0, 0.05) is 51.3 Å². The van der Waals surface area contributed by atoms with Gasteiger partial charge in [-0.05, 0) is 75.8 Å². The van der Waals surface area contributed by atoms with E-state index in [2.05, 4.69) is 26.6 Å². The summed E-state index contributed by atoms with van der Waals surface area (Å²) in [4.78, 5) is 55.8. The second-order valence-corrected chi connectivity index (χ2v) is 17.9. The molecular weight excluding hydrogens is 720 g/mol. The Morgan fingerprint density at radius 3 is 2.40 bits per heavy atom. The molecule has 5 atom stereocenters. The Kier molecular flexibility index (Phi) is 10.2. The number of carbonyl (C=O) groups excluding carboxylic acids is 3. The molecule has 15 heteroatoms. The number of nitrogens with zero attached hydrogens (tertiary/aromatic N) is 4. The summed E-state index contributed by atoms with van der Waals surface area (Å²) in [6.07, 6.45) is 3.79. The van der Waals surface area contributed by atoms with Crippen molar-refractivity contribution in [3.05, 3.63) is 65.6 Å². The zero-order chi connectivity index (χ0) is 38.6. The van der Waals surface area contributed by atoms with Crippen molar-refractivity contribution < 1.29 is 32.3 Å². The number of anilines is 1. The monoisotopic (exact) mass is 766 g/mol. The summed E-state index contributed by atoms with van der Waals surface area (Å²) in [6.45, 7) is 15.0. The van der Waals surface area contributed by atoms with Gasteiger partial charge in [-0.1, -0.05) is 38.4 Å². The highest BCUT2D eigenvalue weighted by atomic mass is 35.5. The number of benzene rings is 1. The van der Waals surface area contributed by atoms with E-state index in [1.807, 2.05) is 47.6 Å². The van der Waals surface area contributed by atoms with Gasteiger partial charge in [0.15, 0.2) is 0 Å². The first-order chi connectivity index (χ1) is 24.9. The number of halogens is 1. The molecule has 0 spiro atoms. The van der Waals surface area contributed by atoms with Crippen LogP contribution in [0.25, 0.3) is 10.8 Å². The molecule has 0 bridgehead atoms. The average molecular weight is 767 g/mol. The molecule has 4 amide bonds. The number of urea groups is 1. The standard InChI is InChI=1S/C38H47ClN6O7S/c1-9-24-18-38(24,35(47)43-53(49,50)28-11-12-28)45(34(46)32(37(5,6)7)42-26-14-21(2)41-22(3)15-26)36(48)44-20-27(16-23(44)4)52-33-30-17-25(39)10-13-29(30)31(51-8)19-40-33/h9-10,13-15,17,19,23-24,27-28,32H,1,11-12,16,18,20H2,2-8H3,(H,41,42)(H,43,47)/t23?,24-,27-,32-,38-/m1/s1. The number of likely N-dealkylation sites (tertiary alicyclic amines) is 1. The number of aromatic nitrogens is 2. The number of pyridine rings is 2. The van der Waals surface area contributed by atoms with E-state index in [1.54, 1.807) is 37.6 Å². The Hall–Kier alpha value is -4.43. The maximum atomic E-state index is 15.1. The lowest BCUT2D eigenvalue weighted by molar-refractivity contribution is -0.141. The maximum absolute atomic E-state index is 15.1. The molecular formula is C38H47ClN6O7S. The smallest absolute Gasteiger partial charge is 0.328 e. The molecule has 1 aliphatic heterocycles. The molecule has 2 aliphatic carbocycles. The summed E-state index contributed by atoms with van der Waals surface area (Å²) in [5.41, 5.74) is -0.524. The van der Waals surface area contributed by atoms with Gasteiger partial charge < -0.3 is 19.7 Å². The van der Waals surface area contributed by atoms with E-state index >= 15 is 9.59 Å². The number of amides is 4. The number of methoxy groups -OCH3 is 1. The van der Waals surface area contributed by atoms with Crippen LogP contribution in [0.3, 0.4) is 0 Å².